The number of benzene rings is 1. The third-order valence-corrected chi connectivity index (χ3v) is 6.01. The van der Waals surface area contributed by atoms with Crippen molar-refractivity contribution in [1.29, 1.82) is 0 Å². The monoisotopic (exact) mass is 296 g/mol. The van der Waals surface area contributed by atoms with Crippen molar-refractivity contribution in [2.45, 2.75) is 39.0 Å². The van der Waals surface area contributed by atoms with Crippen molar-refractivity contribution < 1.29 is 8.42 Å². The summed E-state index contributed by atoms with van der Waals surface area (Å²) in [6.45, 7) is 2.33. The van der Waals surface area contributed by atoms with Crippen LogP contribution in [-0.4, -0.2) is 20.7 Å². The second-order valence-corrected chi connectivity index (χ2v) is 7.48. The quantitative estimate of drug-likeness (QED) is 0.850. The first-order valence-electron chi connectivity index (χ1n) is 7.39. The van der Waals surface area contributed by atoms with Crippen LogP contribution in [0.4, 0.5) is 11.4 Å². The molecule has 20 heavy (non-hydrogen) atoms. The maximum atomic E-state index is 12.6. The third kappa shape index (κ3) is 3.66. The minimum absolute atomic E-state index is 0.269. The summed E-state index contributed by atoms with van der Waals surface area (Å²) in [6, 6.07) is 7.04. The number of sulfonamides is 1. The van der Waals surface area contributed by atoms with Gasteiger partial charge >= 0.3 is 0 Å². The van der Waals surface area contributed by atoms with Gasteiger partial charge in [-0.05, 0) is 49.9 Å². The van der Waals surface area contributed by atoms with Crippen LogP contribution in [-0.2, 0) is 10.0 Å². The predicted octanol–water partition coefficient (Wildman–Crippen LogP) is 3.01. The Balaban J connectivity index is 2.14. The van der Waals surface area contributed by atoms with E-state index in [0.29, 0.717) is 23.8 Å². The Hall–Kier alpha value is -1.23. The van der Waals surface area contributed by atoms with Crippen LogP contribution < -0.4 is 10.0 Å². The highest BCUT2D eigenvalue weighted by Gasteiger charge is 2.26. The van der Waals surface area contributed by atoms with Crippen LogP contribution in [0.25, 0.3) is 0 Å². The van der Waals surface area contributed by atoms with Gasteiger partial charge in [-0.15, -0.1) is 0 Å². The number of nitrogen functional groups attached to an aromatic ring is 1. The molecule has 0 aliphatic heterocycles. The first-order chi connectivity index (χ1) is 9.53. The van der Waals surface area contributed by atoms with E-state index in [1.807, 2.05) is 6.92 Å². The van der Waals surface area contributed by atoms with Gasteiger partial charge in [0.15, 0.2) is 0 Å². The van der Waals surface area contributed by atoms with Crippen molar-refractivity contribution in [3.63, 3.8) is 0 Å². The fourth-order valence-corrected chi connectivity index (χ4v) is 4.87. The minimum Gasteiger partial charge on any atom is -0.399 e. The van der Waals surface area contributed by atoms with Gasteiger partial charge in [-0.3, -0.25) is 4.31 Å². The molecule has 0 amide bonds. The number of hydrogen-bond acceptors (Lipinski definition) is 3. The lowest BCUT2D eigenvalue weighted by Gasteiger charge is -2.27. The minimum atomic E-state index is -3.25. The Morgan fingerprint density at radius 1 is 1.15 bits per heavy atom. The zero-order chi connectivity index (χ0) is 14.6. The van der Waals surface area contributed by atoms with E-state index in [2.05, 4.69) is 0 Å². The van der Waals surface area contributed by atoms with Crippen molar-refractivity contribution in [1.82, 2.24) is 0 Å². The Morgan fingerprint density at radius 3 is 2.30 bits per heavy atom. The topological polar surface area (TPSA) is 63.4 Å². The summed E-state index contributed by atoms with van der Waals surface area (Å²) >= 11 is 0. The largest absolute Gasteiger partial charge is 0.399 e. The lowest BCUT2D eigenvalue weighted by molar-refractivity contribution is 0.384. The van der Waals surface area contributed by atoms with Crippen LogP contribution in [0.5, 0.6) is 0 Å². The molecule has 0 saturated heterocycles. The zero-order valence-corrected chi connectivity index (χ0v) is 12.9. The molecule has 0 atom stereocenters. The van der Waals surface area contributed by atoms with Crippen LogP contribution in [0.3, 0.4) is 0 Å². The molecule has 1 saturated carbocycles. The van der Waals surface area contributed by atoms with Crippen molar-refractivity contribution >= 4 is 21.4 Å². The van der Waals surface area contributed by atoms with Gasteiger partial charge in [0, 0.05) is 12.2 Å². The van der Waals surface area contributed by atoms with Crippen LogP contribution >= 0.6 is 0 Å². The Kier molecular flexibility index (Phi) is 4.91. The summed E-state index contributed by atoms with van der Waals surface area (Å²) in [5.41, 5.74) is 7.01. The maximum Gasteiger partial charge on any atom is 0.235 e. The van der Waals surface area contributed by atoms with E-state index in [9.17, 15) is 8.42 Å². The third-order valence-electron chi connectivity index (χ3n) is 3.98. The molecule has 0 bridgehead atoms. The van der Waals surface area contributed by atoms with Gasteiger partial charge in [-0.1, -0.05) is 19.3 Å². The molecule has 1 aromatic carbocycles. The highest BCUT2D eigenvalue weighted by Crippen LogP contribution is 2.27. The molecule has 2 rings (SSSR count). The first-order valence-corrected chi connectivity index (χ1v) is 9.00. The van der Waals surface area contributed by atoms with E-state index < -0.39 is 10.0 Å². The molecule has 0 unspecified atom stereocenters. The van der Waals surface area contributed by atoms with Gasteiger partial charge in [0.25, 0.3) is 0 Å². The average Bonchev–Trinajstić information content (AvgIpc) is 2.42. The molecule has 2 N–H and O–H groups in total. The normalized spacial score (nSPS) is 17.1. The number of nitrogens with two attached hydrogens (primary N) is 1. The summed E-state index contributed by atoms with van der Waals surface area (Å²) in [6.07, 6.45) is 5.64. The summed E-state index contributed by atoms with van der Waals surface area (Å²) in [5.74, 6) is 0.585. The number of hydrogen-bond donors (Lipinski definition) is 1. The van der Waals surface area contributed by atoms with E-state index in [1.54, 1.807) is 24.3 Å². The Morgan fingerprint density at radius 2 is 1.75 bits per heavy atom. The molecule has 112 valence electrons. The highest BCUT2D eigenvalue weighted by atomic mass is 32.2. The van der Waals surface area contributed by atoms with Crippen LogP contribution in [0.1, 0.15) is 39.0 Å². The fraction of sp³-hybridized carbons (Fsp3) is 0.600. The lowest BCUT2D eigenvalue weighted by Crippen LogP contribution is -2.35. The predicted molar refractivity (Wildman–Crippen MR) is 84.2 cm³/mol. The molecule has 5 heteroatoms. The first kappa shape index (κ1) is 15.2. The molecule has 0 spiro atoms. The van der Waals surface area contributed by atoms with E-state index in [4.69, 9.17) is 5.73 Å². The zero-order valence-electron chi connectivity index (χ0n) is 12.1. The number of anilines is 2. The molecule has 1 aromatic rings. The van der Waals surface area contributed by atoms with E-state index in [0.717, 1.165) is 25.7 Å². The van der Waals surface area contributed by atoms with Crippen molar-refractivity contribution in [2.75, 3.05) is 22.3 Å². The molecule has 4 nitrogen and oxygen atoms in total. The number of nitrogens with zero attached hydrogens (tertiary/aromatic N) is 1. The van der Waals surface area contributed by atoms with Crippen LogP contribution in [0.2, 0.25) is 0 Å². The molecule has 1 aliphatic rings. The number of rotatable bonds is 5. The van der Waals surface area contributed by atoms with E-state index >= 15 is 0 Å². The van der Waals surface area contributed by atoms with Gasteiger partial charge in [0.05, 0.1) is 11.4 Å². The summed E-state index contributed by atoms with van der Waals surface area (Å²) in [4.78, 5) is 0. The standard InChI is InChI=1S/C15H24N2O2S/c1-2-17(15-10-8-14(16)9-11-15)20(18,19)12-13-6-4-3-5-7-13/h8-11,13H,2-7,12,16H2,1H3. The molecule has 1 fully saturated rings. The SMILES string of the molecule is CCN(c1ccc(N)cc1)S(=O)(=O)CC1CCCCC1. The van der Waals surface area contributed by atoms with Crippen LogP contribution in [0, 0.1) is 5.92 Å². The lowest BCUT2D eigenvalue weighted by atomic mass is 9.91. The Bertz CT molecular complexity index is 519. The highest BCUT2D eigenvalue weighted by molar-refractivity contribution is 7.92. The second kappa shape index (κ2) is 6.48. The van der Waals surface area contributed by atoms with E-state index in [1.165, 1.54) is 10.7 Å². The van der Waals surface area contributed by atoms with Crippen molar-refractivity contribution in [3.8, 4) is 0 Å². The van der Waals surface area contributed by atoms with Crippen molar-refractivity contribution in [2.24, 2.45) is 5.92 Å². The molecular formula is C15H24N2O2S. The smallest absolute Gasteiger partial charge is 0.235 e. The summed E-state index contributed by atoms with van der Waals surface area (Å²) in [7, 11) is -3.25. The van der Waals surface area contributed by atoms with Gasteiger partial charge in [0.1, 0.15) is 0 Å². The van der Waals surface area contributed by atoms with Gasteiger partial charge < -0.3 is 5.73 Å². The van der Waals surface area contributed by atoms with Gasteiger partial charge in [-0.25, -0.2) is 8.42 Å². The van der Waals surface area contributed by atoms with E-state index in [-0.39, 0.29) is 5.75 Å². The summed E-state index contributed by atoms with van der Waals surface area (Å²) < 4.78 is 26.7. The molecule has 0 aromatic heterocycles. The maximum absolute atomic E-state index is 12.6. The summed E-state index contributed by atoms with van der Waals surface area (Å²) in [5, 5.41) is 0. The van der Waals surface area contributed by atoms with Gasteiger partial charge in [0.2, 0.25) is 10.0 Å². The molecule has 0 heterocycles. The second-order valence-electron chi connectivity index (χ2n) is 5.54. The fourth-order valence-electron chi connectivity index (χ4n) is 2.92. The average molecular weight is 296 g/mol. The molecule has 0 radical (unpaired) electrons. The molecular weight excluding hydrogens is 272 g/mol. The Labute approximate surface area is 122 Å². The molecule has 1 aliphatic carbocycles. The van der Waals surface area contributed by atoms with Gasteiger partial charge in [-0.2, -0.15) is 0 Å². The van der Waals surface area contributed by atoms with Crippen LogP contribution in [0.15, 0.2) is 24.3 Å². The van der Waals surface area contributed by atoms with Crippen molar-refractivity contribution in [3.05, 3.63) is 24.3 Å².